The van der Waals surface area contributed by atoms with E-state index in [0.29, 0.717) is 6.61 Å². The van der Waals surface area contributed by atoms with Crippen molar-refractivity contribution < 1.29 is 4.74 Å². The minimum Gasteiger partial charge on any atom is -0.487 e. The van der Waals surface area contributed by atoms with Gasteiger partial charge in [0.05, 0.1) is 6.20 Å². The summed E-state index contributed by atoms with van der Waals surface area (Å²) < 4.78 is 6.52. The fourth-order valence-corrected chi connectivity index (χ4v) is 1.78. The number of halogens is 1. The Hall–Kier alpha value is -1.62. The van der Waals surface area contributed by atoms with Crippen molar-refractivity contribution in [3.8, 4) is 5.75 Å². The highest BCUT2D eigenvalue weighted by Crippen LogP contribution is 2.17. The van der Waals surface area contributed by atoms with Crippen molar-refractivity contribution in [2.24, 2.45) is 0 Å². The first-order chi connectivity index (χ1) is 8.78. The molecule has 0 fully saturated rings. The van der Waals surface area contributed by atoms with Crippen LogP contribution >= 0.6 is 15.9 Å². The summed E-state index contributed by atoms with van der Waals surface area (Å²) in [6.45, 7) is 3.39. The monoisotopic (exact) mass is 307 g/mol. The maximum Gasteiger partial charge on any atom is 0.139 e. The van der Waals surface area contributed by atoms with E-state index in [2.05, 4.69) is 31.2 Å². The zero-order valence-corrected chi connectivity index (χ0v) is 11.6. The van der Waals surface area contributed by atoms with Gasteiger partial charge >= 0.3 is 0 Å². The first-order valence-corrected chi connectivity index (χ1v) is 6.49. The molecule has 0 amide bonds. The molecule has 0 aliphatic carbocycles. The second kappa shape index (κ2) is 6.35. The Morgan fingerprint density at radius 1 is 1.28 bits per heavy atom. The third-order valence-electron chi connectivity index (χ3n) is 2.27. The Balaban J connectivity index is 1.93. The number of pyridine rings is 2. The predicted molar refractivity (Wildman–Crippen MR) is 74.7 cm³/mol. The summed E-state index contributed by atoms with van der Waals surface area (Å²) in [5.74, 6) is 1.62. The summed E-state index contributed by atoms with van der Waals surface area (Å²) in [4.78, 5) is 8.32. The normalized spacial score (nSPS) is 10.1. The summed E-state index contributed by atoms with van der Waals surface area (Å²) in [5.41, 5.74) is 1.02. The summed E-state index contributed by atoms with van der Waals surface area (Å²) in [7, 11) is 0. The molecular weight excluding hydrogens is 294 g/mol. The quantitative estimate of drug-likeness (QED) is 0.921. The van der Waals surface area contributed by atoms with Gasteiger partial charge in [0.25, 0.3) is 0 Å². The second-order valence-electron chi connectivity index (χ2n) is 3.71. The van der Waals surface area contributed by atoms with Crippen LogP contribution in [-0.4, -0.2) is 16.5 Å². The van der Waals surface area contributed by atoms with E-state index in [9.17, 15) is 0 Å². The molecule has 4 nitrogen and oxygen atoms in total. The smallest absolute Gasteiger partial charge is 0.139 e. The Morgan fingerprint density at radius 3 is 2.83 bits per heavy atom. The van der Waals surface area contributed by atoms with Gasteiger partial charge in [-0.25, -0.2) is 4.98 Å². The van der Waals surface area contributed by atoms with Crippen LogP contribution in [0.4, 0.5) is 5.82 Å². The van der Waals surface area contributed by atoms with Crippen molar-refractivity contribution >= 4 is 21.7 Å². The molecule has 2 heterocycles. The lowest BCUT2D eigenvalue weighted by Crippen LogP contribution is -2.01. The van der Waals surface area contributed by atoms with Gasteiger partial charge < -0.3 is 10.1 Å². The van der Waals surface area contributed by atoms with E-state index >= 15 is 0 Å². The lowest BCUT2D eigenvalue weighted by Gasteiger charge is -2.07. The topological polar surface area (TPSA) is 47.0 Å². The molecule has 0 atom stereocenters. The van der Waals surface area contributed by atoms with Gasteiger partial charge in [-0.1, -0.05) is 6.07 Å². The van der Waals surface area contributed by atoms with Gasteiger partial charge in [0.1, 0.15) is 18.2 Å². The van der Waals surface area contributed by atoms with E-state index in [0.717, 1.165) is 28.1 Å². The fourth-order valence-electron chi connectivity index (χ4n) is 1.43. The van der Waals surface area contributed by atoms with Gasteiger partial charge in [0, 0.05) is 29.0 Å². The molecule has 2 aromatic rings. The second-order valence-corrected chi connectivity index (χ2v) is 4.63. The molecule has 2 rings (SSSR count). The lowest BCUT2D eigenvalue weighted by molar-refractivity contribution is 0.304. The van der Waals surface area contributed by atoms with Crippen molar-refractivity contribution in [2.75, 3.05) is 11.9 Å². The van der Waals surface area contributed by atoms with Crippen LogP contribution in [0.5, 0.6) is 5.75 Å². The Bertz CT molecular complexity index is 502. The SMILES string of the molecule is CCNc1ccc(COc2cncc(Br)c2)cn1. The maximum absolute atomic E-state index is 5.62. The lowest BCUT2D eigenvalue weighted by atomic mass is 10.3. The summed E-state index contributed by atoms with van der Waals surface area (Å²) >= 11 is 3.35. The van der Waals surface area contributed by atoms with Crippen LogP contribution in [0.1, 0.15) is 12.5 Å². The van der Waals surface area contributed by atoms with E-state index in [1.54, 1.807) is 12.4 Å². The molecule has 0 radical (unpaired) electrons. The van der Waals surface area contributed by atoms with Crippen LogP contribution in [-0.2, 0) is 6.61 Å². The van der Waals surface area contributed by atoms with Gasteiger partial charge in [0.2, 0.25) is 0 Å². The number of rotatable bonds is 5. The highest BCUT2D eigenvalue weighted by Gasteiger charge is 1.98. The predicted octanol–water partition coefficient (Wildman–Crippen LogP) is 3.25. The molecular formula is C13H14BrN3O. The zero-order chi connectivity index (χ0) is 12.8. The number of ether oxygens (including phenoxy) is 1. The maximum atomic E-state index is 5.62. The van der Waals surface area contributed by atoms with Crippen molar-refractivity contribution in [1.82, 2.24) is 9.97 Å². The number of nitrogens with one attached hydrogen (secondary N) is 1. The van der Waals surface area contributed by atoms with E-state index in [1.165, 1.54) is 0 Å². The van der Waals surface area contributed by atoms with Gasteiger partial charge in [0.15, 0.2) is 0 Å². The molecule has 18 heavy (non-hydrogen) atoms. The first-order valence-electron chi connectivity index (χ1n) is 5.70. The number of hydrogen-bond acceptors (Lipinski definition) is 4. The molecule has 0 saturated heterocycles. The van der Waals surface area contributed by atoms with Gasteiger partial charge in [-0.2, -0.15) is 0 Å². The summed E-state index contributed by atoms with van der Waals surface area (Å²) in [5, 5.41) is 3.15. The Kier molecular flexibility index (Phi) is 4.52. The van der Waals surface area contributed by atoms with Gasteiger partial charge in [-0.05, 0) is 35.0 Å². The standard InChI is InChI=1S/C13H14BrN3O/c1-2-16-13-4-3-10(6-17-13)9-18-12-5-11(14)7-15-8-12/h3-8H,2,9H2,1H3,(H,16,17). The minimum absolute atomic E-state index is 0.484. The molecule has 2 aromatic heterocycles. The number of hydrogen-bond donors (Lipinski definition) is 1. The van der Waals surface area contributed by atoms with Crippen molar-refractivity contribution in [1.29, 1.82) is 0 Å². The molecule has 0 bridgehead atoms. The van der Waals surface area contributed by atoms with Crippen LogP contribution in [0.15, 0.2) is 41.3 Å². The van der Waals surface area contributed by atoms with Gasteiger partial charge in [-0.15, -0.1) is 0 Å². The number of anilines is 1. The van der Waals surface area contributed by atoms with Crippen molar-refractivity contribution in [2.45, 2.75) is 13.5 Å². The molecule has 0 unspecified atom stereocenters. The minimum atomic E-state index is 0.484. The summed E-state index contributed by atoms with van der Waals surface area (Å²) in [6.07, 6.45) is 5.22. The molecule has 0 aliphatic heterocycles. The summed E-state index contributed by atoms with van der Waals surface area (Å²) in [6, 6.07) is 5.82. The first kappa shape index (κ1) is 12.8. The van der Waals surface area contributed by atoms with Crippen LogP contribution in [0.2, 0.25) is 0 Å². The number of nitrogens with zero attached hydrogens (tertiary/aromatic N) is 2. The molecule has 5 heteroatoms. The number of aromatic nitrogens is 2. The molecule has 0 aromatic carbocycles. The highest BCUT2D eigenvalue weighted by molar-refractivity contribution is 9.10. The molecule has 1 N–H and O–H groups in total. The van der Waals surface area contributed by atoms with Crippen molar-refractivity contribution in [3.05, 3.63) is 46.8 Å². The Morgan fingerprint density at radius 2 is 2.17 bits per heavy atom. The van der Waals surface area contributed by atoms with Gasteiger partial charge in [-0.3, -0.25) is 4.98 Å². The molecule has 0 saturated carbocycles. The molecule has 94 valence electrons. The average Bonchev–Trinajstić information content (AvgIpc) is 2.38. The van der Waals surface area contributed by atoms with Crippen molar-refractivity contribution in [3.63, 3.8) is 0 Å². The fraction of sp³-hybridized carbons (Fsp3) is 0.231. The largest absolute Gasteiger partial charge is 0.487 e. The average molecular weight is 308 g/mol. The third kappa shape index (κ3) is 3.70. The third-order valence-corrected chi connectivity index (χ3v) is 2.70. The van der Waals surface area contributed by atoms with Crippen LogP contribution in [0.25, 0.3) is 0 Å². The van der Waals surface area contributed by atoms with E-state index < -0.39 is 0 Å². The highest BCUT2D eigenvalue weighted by atomic mass is 79.9. The molecule has 0 spiro atoms. The van der Waals surface area contributed by atoms with E-state index in [-0.39, 0.29) is 0 Å². The van der Waals surface area contributed by atoms with Crippen LogP contribution in [0, 0.1) is 0 Å². The van der Waals surface area contributed by atoms with Crippen LogP contribution in [0.3, 0.4) is 0 Å². The Labute approximate surface area is 115 Å². The zero-order valence-electron chi connectivity index (χ0n) is 10.1. The van der Waals surface area contributed by atoms with E-state index in [4.69, 9.17) is 4.74 Å². The van der Waals surface area contributed by atoms with Crippen LogP contribution < -0.4 is 10.1 Å². The molecule has 0 aliphatic rings. The van der Waals surface area contributed by atoms with E-state index in [1.807, 2.05) is 31.3 Å².